The molecule has 2 amide bonds. The van der Waals surface area contributed by atoms with Gasteiger partial charge in [0, 0.05) is 58.7 Å². The number of hydrogen-bond donors (Lipinski definition) is 3. The molecule has 1 saturated heterocycles. The van der Waals surface area contributed by atoms with Crippen molar-refractivity contribution in [3.8, 4) is 5.75 Å². The van der Waals surface area contributed by atoms with Crippen molar-refractivity contribution in [1.29, 1.82) is 0 Å². The van der Waals surface area contributed by atoms with Gasteiger partial charge in [-0.15, -0.1) is 5.10 Å². The zero-order valence-corrected chi connectivity index (χ0v) is 33.4. The Bertz CT molecular complexity index is 2160. The second-order valence-electron chi connectivity index (χ2n) is 14.7. The highest BCUT2D eigenvalue weighted by atomic mass is 79.9. The normalized spacial score (nSPS) is 20.7. The fraction of sp³-hybridized carbons (Fsp3) is 0.317. The highest BCUT2D eigenvalue weighted by Crippen LogP contribution is 2.60. The number of benzene rings is 4. The Kier molecular flexibility index (Phi) is 10.5. The van der Waals surface area contributed by atoms with E-state index >= 15 is 4.79 Å². The molecular formula is C41H45BrN6O5Si. The lowest BCUT2D eigenvalue weighted by Gasteiger charge is -2.37. The number of amides is 2. The summed E-state index contributed by atoms with van der Waals surface area (Å²) in [6, 6.07) is 28.7. The van der Waals surface area contributed by atoms with Gasteiger partial charge in [-0.25, -0.2) is 0 Å². The third-order valence-electron chi connectivity index (χ3n) is 11.1. The van der Waals surface area contributed by atoms with E-state index < -0.39 is 13.7 Å². The van der Waals surface area contributed by atoms with Gasteiger partial charge in [0.25, 0.3) is 11.8 Å². The number of aromatic nitrogens is 3. The fourth-order valence-corrected chi connectivity index (χ4v) is 12.8. The van der Waals surface area contributed by atoms with Gasteiger partial charge in [0.05, 0.1) is 39.2 Å². The minimum atomic E-state index is -2.35. The Balaban J connectivity index is 1.23. The Hall–Kier alpha value is -4.82. The van der Waals surface area contributed by atoms with Crippen molar-refractivity contribution in [3.63, 3.8) is 0 Å². The molecule has 2 aliphatic heterocycles. The SMILES string of the molecule is COc1ccc([Si](C)(C)[C@H]2[C@H](CCn3cc(CCO)nn3)O[C@@]3(C(=O)N(Cc4cccc(NC(=O)c5ccc(N)cc5)c4)c4ccc(Br)cc43)[C@@H]2C)cc1. The molecule has 54 heavy (non-hydrogen) atoms. The van der Waals surface area contributed by atoms with Crippen molar-refractivity contribution in [2.24, 2.45) is 5.92 Å². The summed E-state index contributed by atoms with van der Waals surface area (Å²) in [4.78, 5) is 30.1. The number of nitrogen functional groups attached to an aromatic ring is 1. The van der Waals surface area contributed by atoms with E-state index in [0.717, 1.165) is 32.7 Å². The van der Waals surface area contributed by atoms with Crippen LogP contribution in [0, 0.1) is 5.92 Å². The van der Waals surface area contributed by atoms with Crippen LogP contribution in [0.5, 0.6) is 5.75 Å². The Morgan fingerprint density at radius 3 is 2.56 bits per heavy atom. The van der Waals surface area contributed by atoms with Gasteiger partial charge in [-0.1, -0.05) is 70.6 Å². The number of carbonyl (C=O) groups is 2. The van der Waals surface area contributed by atoms with Gasteiger partial charge >= 0.3 is 0 Å². The Labute approximate surface area is 324 Å². The minimum Gasteiger partial charge on any atom is -0.497 e. The molecule has 0 aliphatic carbocycles. The smallest absolute Gasteiger partial charge is 0.264 e. The molecule has 5 aromatic rings. The standard InChI is InChI=1S/C41H45BrN6O5Si/c1-26-38(54(3,4)34-15-13-33(52-2)14-16-34)37(18-20-47-25-32(19-21-49)45-46-47)53-41(26)35-23-29(42)10-17-36(35)48(40(41)51)24-27-6-5-7-31(22-27)44-39(50)28-8-11-30(43)12-9-28/h5-17,22-23,25-26,37-38,49H,18-21,24,43H2,1-4H3,(H,44,50)/t26-,37+,38-,41+/m1/s1. The lowest BCUT2D eigenvalue weighted by Crippen LogP contribution is -2.51. The lowest BCUT2D eigenvalue weighted by molar-refractivity contribution is -0.146. The van der Waals surface area contributed by atoms with Crippen LogP contribution in [0.3, 0.4) is 0 Å². The van der Waals surface area contributed by atoms with E-state index in [9.17, 15) is 9.90 Å². The molecule has 0 bridgehead atoms. The molecule has 7 rings (SSSR count). The van der Waals surface area contributed by atoms with Crippen LogP contribution in [0.4, 0.5) is 17.1 Å². The number of carbonyl (C=O) groups excluding carboxylic acids is 2. The van der Waals surface area contributed by atoms with Crippen LogP contribution >= 0.6 is 15.9 Å². The molecule has 2 aliphatic rings. The van der Waals surface area contributed by atoms with Crippen molar-refractivity contribution in [2.45, 2.75) is 63.2 Å². The summed E-state index contributed by atoms with van der Waals surface area (Å²) in [5.74, 6) is 0.273. The third-order valence-corrected chi connectivity index (χ3v) is 15.9. The number of fused-ring (bicyclic) bond motifs is 2. The Morgan fingerprint density at radius 2 is 1.83 bits per heavy atom. The van der Waals surface area contributed by atoms with Crippen LogP contribution in [0.15, 0.2) is 102 Å². The summed E-state index contributed by atoms with van der Waals surface area (Å²) in [6.07, 6.45) is 2.66. The van der Waals surface area contributed by atoms with E-state index in [4.69, 9.17) is 15.2 Å². The van der Waals surface area contributed by atoms with Crippen molar-refractivity contribution in [3.05, 3.63) is 124 Å². The Morgan fingerprint density at radius 1 is 1.07 bits per heavy atom. The quantitative estimate of drug-likeness (QED) is 0.0989. The molecule has 0 radical (unpaired) electrons. The van der Waals surface area contributed by atoms with Crippen LogP contribution < -0.4 is 25.9 Å². The summed E-state index contributed by atoms with van der Waals surface area (Å²) < 4.78 is 15.4. The summed E-state index contributed by atoms with van der Waals surface area (Å²) in [5.41, 5.74) is 9.59. The number of nitrogens with zero attached hydrogens (tertiary/aromatic N) is 4. The van der Waals surface area contributed by atoms with Gasteiger partial charge in [-0.05, 0) is 84.3 Å². The molecule has 4 aromatic carbocycles. The van der Waals surface area contributed by atoms with Crippen molar-refractivity contribution < 1.29 is 24.2 Å². The second-order valence-corrected chi connectivity index (χ2v) is 20.3. The van der Waals surface area contributed by atoms with E-state index in [1.165, 1.54) is 5.19 Å². The average molecular weight is 810 g/mol. The number of nitrogens with two attached hydrogens (primary N) is 1. The first kappa shape index (κ1) is 37.5. The molecule has 4 N–H and O–H groups in total. The topological polar surface area (TPSA) is 145 Å². The maximum absolute atomic E-state index is 15.2. The van der Waals surface area contributed by atoms with Crippen molar-refractivity contribution in [2.75, 3.05) is 29.7 Å². The molecule has 1 fully saturated rings. The molecule has 0 unspecified atom stereocenters. The van der Waals surface area contributed by atoms with Crippen LogP contribution in [-0.4, -0.2) is 59.8 Å². The highest BCUT2D eigenvalue weighted by molar-refractivity contribution is 9.10. The van der Waals surface area contributed by atoms with Crippen molar-refractivity contribution in [1.82, 2.24) is 15.0 Å². The predicted octanol–water partition coefficient (Wildman–Crippen LogP) is 6.27. The van der Waals surface area contributed by atoms with E-state index in [2.05, 4.69) is 63.7 Å². The molecule has 11 nitrogen and oxygen atoms in total. The number of aryl methyl sites for hydroxylation is 1. The zero-order valence-electron chi connectivity index (χ0n) is 30.8. The van der Waals surface area contributed by atoms with Crippen LogP contribution in [0.2, 0.25) is 18.6 Å². The molecule has 1 aromatic heterocycles. The second kappa shape index (κ2) is 15.1. The monoisotopic (exact) mass is 808 g/mol. The first-order valence-electron chi connectivity index (χ1n) is 18.1. The number of aliphatic hydroxyl groups is 1. The van der Waals surface area contributed by atoms with Crippen molar-refractivity contribution >= 4 is 58.1 Å². The number of nitrogens with one attached hydrogen (secondary N) is 1. The molecule has 4 atom stereocenters. The molecule has 1 spiro atoms. The number of halogens is 1. The largest absolute Gasteiger partial charge is 0.497 e. The molecule has 3 heterocycles. The summed E-state index contributed by atoms with van der Waals surface area (Å²) in [7, 11) is -0.683. The van der Waals surface area contributed by atoms with Crippen LogP contribution in [-0.2, 0) is 34.6 Å². The number of hydrogen-bond acceptors (Lipinski definition) is 8. The van der Waals surface area contributed by atoms with E-state index in [0.29, 0.717) is 36.3 Å². The van der Waals surface area contributed by atoms with E-state index in [1.54, 1.807) is 36.1 Å². The van der Waals surface area contributed by atoms with Gasteiger partial charge < -0.3 is 30.5 Å². The van der Waals surface area contributed by atoms with Gasteiger partial charge in [0.2, 0.25) is 0 Å². The summed E-state index contributed by atoms with van der Waals surface area (Å²) in [5, 5.41) is 22.2. The number of ether oxygens (including phenoxy) is 2. The molecular weight excluding hydrogens is 764 g/mol. The first-order valence-corrected chi connectivity index (χ1v) is 22.0. The third kappa shape index (κ3) is 6.97. The maximum atomic E-state index is 15.2. The number of rotatable bonds is 12. The molecule has 0 saturated carbocycles. The zero-order chi connectivity index (χ0) is 38.2. The van der Waals surface area contributed by atoms with E-state index in [1.807, 2.05) is 65.7 Å². The van der Waals surface area contributed by atoms with Gasteiger partial charge in [0.15, 0.2) is 5.60 Å². The van der Waals surface area contributed by atoms with Crippen LogP contribution in [0.25, 0.3) is 0 Å². The summed E-state index contributed by atoms with van der Waals surface area (Å²) in [6.45, 7) is 7.75. The average Bonchev–Trinajstić information content (AvgIpc) is 3.81. The predicted molar refractivity (Wildman–Crippen MR) is 216 cm³/mol. The minimum absolute atomic E-state index is 0.00428. The molecule has 13 heteroatoms. The highest BCUT2D eigenvalue weighted by Gasteiger charge is 2.66. The maximum Gasteiger partial charge on any atom is 0.264 e. The first-order chi connectivity index (χ1) is 25.9. The summed E-state index contributed by atoms with van der Waals surface area (Å²) >= 11 is 3.70. The number of methoxy groups -OCH3 is 1. The lowest BCUT2D eigenvalue weighted by atomic mass is 9.82. The van der Waals surface area contributed by atoms with Crippen LogP contribution in [0.1, 0.15) is 40.5 Å². The van der Waals surface area contributed by atoms with Gasteiger partial charge in [0.1, 0.15) is 5.75 Å². The fourth-order valence-electron chi connectivity index (χ4n) is 8.42. The van der Waals surface area contributed by atoms with E-state index in [-0.39, 0.29) is 42.5 Å². The van der Waals surface area contributed by atoms with Gasteiger partial charge in [-0.3, -0.25) is 14.3 Å². The van der Waals surface area contributed by atoms with Gasteiger partial charge in [-0.2, -0.15) is 0 Å². The number of anilines is 3. The molecule has 280 valence electrons. The number of aliphatic hydroxyl groups excluding tert-OH is 1.